The first-order chi connectivity index (χ1) is 6.00. The van der Waals surface area contributed by atoms with Crippen molar-refractivity contribution in [1.29, 1.82) is 0 Å². The number of aliphatic hydroxyl groups excluding tert-OH is 1. The molecule has 14 heavy (non-hydrogen) atoms. The first kappa shape index (κ1) is 11.7. The smallest absolute Gasteiger partial charge is 0.348 e. The molecule has 0 aromatic heterocycles. The Balaban J connectivity index is 3.01. The zero-order valence-corrected chi connectivity index (χ0v) is 6.81. The number of likely N-dealkylation sites (tertiary alicyclic amines) is 1. The topological polar surface area (TPSA) is 165 Å². The van der Waals surface area contributed by atoms with E-state index in [1.165, 1.54) is 0 Å². The fourth-order valence-corrected chi connectivity index (χ4v) is 1.13. The molecule has 0 amide bonds. The van der Waals surface area contributed by atoms with E-state index in [1.54, 1.807) is 0 Å². The molecule has 1 saturated heterocycles. The number of rotatable bonds is 1. The maximum Gasteiger partial charge on any atom is 0.348 e. The molecule has 0 aromatic carbocycles. The van der Waals surface area contributed by atoms with Crippen LogP contribution in [0.3, 0.4) is 0 Å². The summed E-state index contributed by atoms with van der Waals surface area (Å²) >= 11 is 0. The predicted octanol–water partition coefficient (Wildman–Crippen LogP) is -5.43. The van der Waals surface area contributed by atoms with Gasteiger partial charge in [0.1, 0.15) is 0 Å². The second-order valence-corrected chi connectivity index (χ2v) is 3.14. The second kappa shape index (κ2) is 2.82. The summed E-state index contributed by atoms with van der Waals surface area (Å²) in [6.07, 6.45) is -6.07. The lowest BCUT2D eigenvalue weighted by atomic mass is 10.1. The van der Waals surface area contributed by atoms with E-state index < -0.39 is 30.4 Å². The molecule has 0 aliphatic carbocycles. The summed E-state index contributed by atoms with van der Waals surface area (Å²) in [4.78, 5) is -0.132. The van der Waals surface area contributed by atoms with Crippen LogP contribution in [0.4, 0.5) is 0 Å². The maximum absolute atomic E-state index is 9.01. The van der Waals surface area contributed by atoms with Crippen molar-refractivity contribution in [3.8, 4) is 0 Å². The third-order valence-electron chi connectivity index (χ3n) is 2.02. The summed E-state index contributed by atoms with van der Waals surface area (Å²) in [7, 11) is 0. The molecule has 1 heterocycles. The number of nitrogens with zero attached hydrogens (tertiary/aromatic N) is 1. The third-order valence-corrected chi connectivity index (χ3v) is 2.02. The largest absolute Gasteiger partial charge is 0.372 e. The van der Waals surface area contributed by atoms with Crippen LogP contribution in [0.1, 0.15) is 0 Å². The summed E-state index contributed by atoms with van der Waals surface area (Å²) in [5.74, 6) is -6.61. The van der Waals surface area contributed by atoms with Gasteiger partial charge in [-0.2, -0.15) is 4.90 Å². The Hall–Kier alpha value is -0.360. The van der Waals surface area contributed by atoms with E-state index in [2.05, 4.69) is 0 Å². The van der Waals surface area contributed by atoms with Gasteiger partial charge in [-0.05, 0) is 0 Å². The van der Waals surface area contributed by atoms with Crippen LogP contribution in [0.15, 0.2) is 0 Å². The van der Waals surface area contributed by atoms with Crippen LogP contribution in [-0.4, -0.2) is 76.2 Å². The molecule has 1 atom stereocenters. The monoisotopic (exact) mass is 213 g/mol. The highest BCUT2D eigenvalue weighted by Crippen LogP contribution is 2.34. The number of hydrogen-bond acceptors (Lipinski definition) is 9. The van der Waals surface area contributed by atoms with Crippen molar-refractivity contribution < 1.29 is 40.9 Å². The van der Waals surface area contributed by atoms with Crippen LogP contribution in [0.5, 0.6) is 0 Å². The Morgan fingerprint density at radius 2 is 1.50 bits per heavy atom. The van der Waals surface area contributed by atoms with Crippen LogP contribution in [-0.2, 0) is 0 Å². The molecule has 0 saturated carbocycles. The summed E-state index contributed by atoms with van der Waals surface area (Å²) < 4.78 is 0. The molecule has 0 radical (unpaired) electrons. The van der Waals surface area contributed by atoms with Crippen molar-refractivity contribution in [2.75, 3.05) is 6.54 Å². The van der Waals surface area contributed by atoms with E-state index in [4.69, 9.17) is 40.9 Å². The van der Waals surface area contributed by atoms with Gasteiger partial charge in [-0.3, -0.25) is 0 Å². The van der Waals surface area contributed by atoms with Crippen molar-refractivity contribution >= 4 is 0 Å². The maximum atomic E-state index is 9.01. The first-order valence-corrected chi connectivity index (χ1v) is 3.51. The molecule has 0 spiro atoms. The third kappa shape index (κ3) is 1.50. The fraction of sp³-hybridized carbons (Fsp3) is 1.00. The molecule has 1 rings (SSSR count). The van der Waals surface area contributed by atoms with Gasteiger partial charge in [0, 0.05) is 0 Å². The fourth-order valence-electron chi connectivity index (χ4n) is 1.13. The standard InChI is InChI=1S/C5H11NO8/c7-2-4(10,11)3(8,9)1-6(2)5(12,13)14/h2,7-14H,1H2. The van der Waals surface area contributed by atoms with Crippen LogP contribution in [0.2, 0.25) is 0 Å². The van der Waals surface area contributed by atoms with Gasteiger partial charge in [-0.25, -0.2) is 0 Å². The molecule has 84 valence electrons. The lowest BCUT2D eigenvalue weighted by Gasteiger charge is -2.30. The molecule has 0 bridgehead atoms. The molecule has 1 unspecified atom stereocenters. The molecule has 1 aliphatic rings. The SMILES string of the molecule is OC1N(C(O)(O)O)CC(O)(O)C1(O)O. The van der Waals surface area contributed by atoms with E-state index >= 15 is 0 Å². The molecule has 1 fully saturated rings. The second-order valence-electron chi connectivity index (χ2n) is 3.14. The highest BCUT2D eigenvalue weighted by molar-refractivity contribution is 4.98. The lowest BCUT2D eigenvalue weighted by molar-refractivity contribution is -0.420. The lowest BCUT2D eigenvalue weighted by Crippen LogP contribution is -2.58. The minimum Gasteiger partial charge on any atom is -0.372 e. The van der Waals surface area contributed by atoms with Crippen LogP contribution in [0, 0.1) is 0 Å². The summed E-state index contributed by atoms with van der Waals surface area (Å²) in [6.45, 7) is -1.18. The van der Waals surface area contributed by atoms with Crippen LogP contribution in [0.25, 0.3) is 0 Å². The molecule has 9 nitrogen and oxygen atoms in total. The Labute approximate surface area is 77.3 Å². The Morgan fingerprint density at radius 1 is 1.07 bits per heavy atom. The Kier molecular flexibility index (Phi) is 2.36. The Bertz CT molecular complexity index is 232. The van der Waals surface area contributed by atoms with Gasteiger partial charge in [-0.15, -0.1) is 0 Å². The van der Waals surface area contributed by atoms with Gasteiger partial charge in [0.2, 0.25) is 5.79 Å². The average Bonchev–Trinajstić information content (AvgIpc) is 2.09. The van der Waals surface area contributed by atoms with Crippen LogP contribution < -0.4 is 0 Å². The quantitative estimate of drug-likeness (QED) is 0.198. The Morgan fingerprint density at radius 3 is 1.64 bits per heavy atom. The normalized spacial score (nSPS) is 32.1. The number of aliphatic hydroxyl groups is 8. The number of β-amino-alcohol motifs (C(OH)–C–C–N with tert-alkyl or cyclic N) is 2. The minimum absolute atomic E-state index is 0.132. The van der Waals surface area contributed by atoms with Crippen molar-refractivity contribution in [3.63, 3.8) is 0 Å². The highest BCUT2D eigenvalue weighted by atomic mass is 16.7. The van der Waals surface area contributed by atoms with E-state index in [0.717, 1.165) is 0 Å². The van der Waals surface area contributed by atoms with E-state index in [0.29, 0.717) is 0 Å². The zero-order chi connectivity index (χ0) is 11.4. The molecule has 0 aromatic rings. The van der Waals surface area contributed by atoms with Gasteiger partial charge < -0.3 is 40.9 Å². The predicted molar refractivity (Wildman–Crippen MR) is 36.4 cm³/mol. The van der Waals surface area contributed by atoms with Gasteiger partial charge in [0.05, 0.1) is 6.54 Å². The summed E-state index contributed by atoms with van der Waals surface area (Å²) in [5.41, 5.74) is 0. The van der Waals surface area contributed by atoms with Gasteiger partial charge in [0.15, 0.2) is 6.23 Å². The molecule has 8 N–H and O–H groups in total. The minimum atomic E-state index is -3.59. The summed E-state index contributed by atoms with van der Waals surface area (Å²) in [5, 5.41) is 70.6. The zero-order valence-electron chi connectivity index (χ0n) is 6.81. The molecular formula is C5H11NO8. The molecule has 9 heteroatoms. The van der Waals surface area contributed by atoms with E-state index in [-0.39, 0.29) is 4.90 Å². The van der Waals surface area contributed by atoms with Gasteiger partial charge in [-0.1, -0.05) is 0 Å². The van der Waals surface area contributed by atoms with Gasteiger partial charge >= 0.3 is 6.10 Å². The van der Waals surface area contributed by atoms with Gasteiger partial charge in [0.25, 0.3) is 5.79 Å². The first-order valence-electron chi connectivity index (χ1n) is 3.51. The van der Waals surface area contributed by atoms with E-state index in [9.17, 15) is 0 Å². The number of hydrogen-bond donors (Lipinski definition) is 8. The van der Waals surface area contributed by atoms with Crippen molar-refractivity contribution in [2.24, 2.45) is 0 Å². The molecular weight excluding hydrogens is 202 g/mol. The van der Waals surface area contributed by atoms with Crippen molar-refractivity contribution in [2.45, 2.75) is 23.9 Å². The van der Waals surface area contributed by atoms with Crippen LogP contribution >= 0.6 is 0 Å². The van der Waals surface area contributed by atoms with Crippen molar-refractivity contribution in [3.05, 3.63) is 0 Å². The van der Waals surface area contributed by atoms with Crippen molar-refractivity contribution in [1.82, 2.24) is 4.90 Å². The average molecular weight is 213 g/mol. The summed E-state index contributed by atoms with van der Waals surface area (Å²) in [6, 6.07) is 0. The van der Waals surface area contributed by atoms with E-state index in [1.807, 2.05) is 0 Å². The molecule has 1 aliphatic heterocycles. The highest BCUT2D eigenvalue weighted by Gasteiger charge is 2.65.